The Labute approximate surface area is 105 Å². The summed E-state index contributed by atoms with van der Waals surface area (Å²) in [6, 6.07) is 0. The first-order valence-electron chi connectivity index (χ1n) is 5.56. The maximum absolute atomic E-state index is 11.7. The summed E-state index contributed by atoms with van der Waals surface area (Å²) in [7, 11) is 0. The highest BCUT2D eigenvalue weighted by Gasteiger charge is 2.30. The smallest absolute Gasteiger partial charge is 0.378 e. The van der Waals surface area contributed by atoms with Crippen LogP contribution >= 0.6 is 0 Å². The summed E-state index contributed by atoms with van der Waals surface area (Å²) in [6.45, 7) is 6.74. The second-order valence-electron chi connectivity index (χ2n) is 4.07. The van der Waals surface area contributed by atoms with Gasteiger partial charge in [0.1, 0.15) is 12.5 Å². The number of hydrogen-bond acceptors (Lipinski definition) is 6. The van der Waals surface area contributed by atoms with Crippen LogP contribution in [0.4, 0.5) is 0 Å². The number of hydrogen-bond donors (Lipinski definition) is 0. The molecule has 1 rings (SSSR count). The highest BCUT2D eigenvalue weighted by Crippen LogP contribution is 2.18. The van der Waals surface area contributed by atoms with E-state index in [1.165, 1.54) is 0 Å². The Morgan fingerprint density at radius 1 is 0.889 bits per heavy atom. The summed E-state index contributed by atoms with van der Waals surface area (Å²) >= 11 is 0. The van der Waals surface area contributed by atoms with Gasteiger partial charge in [0.05, 0.1) is 12.2 Å². The van der Waals surface area contributed by atoms with Gasteiger partial charge in [0.25, 0.3) is 11.5 Å². The minimum atomic E-state index is -0.773. The number of esters is 2. The van der Waals surface area contributed by atoms with Gasteiger partial charge in [-0.3, -0.25) is 0 Å². The van der Waals surface area contributed by atoms with Crippen molar-refractivity contribution in [3.05, 3.63) is 24.0 Å². The van der Waals surface area contributed by atoms with E-state index in [0.717, 1.165) is 12.5 Å². The first-order valence-corrected chi connectivity index (χ1v) is 5.56. The van der Waals surface area contributed by atoms with Crippen LogP contribution in [-0.4, -0.2) is 24.1 Å². The van der Waals surface area contributed by atoms with E-state index in [9.17, 15) is 9.59 Å². The Morgan fingerprint density at radius 2 is 1.22 bits per heavy atom. The topological polar surface area (TPSA) is 71.1 Å². The van der Waals surface area contributed by atoms with E-state index in [1.54, 1.807) is 27.7 Å². The zero-order chi connectivity index (χ0) is 13.7. The minimum Gasteiger partial charge on any atom is -0.457 e. The molecule has 0 aromatic carbocycles. The molecule has 0 atom stereocenters. The molecule has 0 fully saturated rings. The third-order valence-corrected chi connectivity index (χ3v) is 1.69. The molecule has 100 valence electrons. The zero-order valence-corrected chi connectivity index (χ0v) is 10.8. The summed E-state index contributed by atoms with van der Waals surface area (Å²) in [5, 5.41) is 0. The molecule has 0 amide bonds. The van der Waals surface area contributed by atoms with Crippen LogP contribution in [0.2, 0.25) is 0 Å². The van der Waals surface area contributed by atoms with Crippen LogP contribution in [0.15, 0.2) is 24.0 Å². The van der Waals surface area contributed by atoms with Gasteiger partial charge in [0.15, 0.2) is 0 Å². The molecule has 0 aromatic heterocycles. The molecule has 0 spiro atoms. The Morgan fingerprint density at radius 3 is 1.50 bits per heavy atom. The van der Waals surface area contributed by atoms with Gasteiger partial charge in [-0.15, -0.1) is 0 Å². The molecule has 0 bridgehead atoms. The lowest BCUT2D eigenvalue weighted by molar-refractivity contribution is -0.151. The van der Waals surface area contributed by atoms with Crippen molar-refractivity contribution in [3.63, 3.8) is 0 Å². The SMILES string of the molecule is CC(C)OC(=O)C1=C(C(=O)OC(C)C)OC=CO1. The van der Waals surface area contributed by atoms with Gasteiger partial charge in [0, 0.05) is 0 Å². The maximum atomic E-state index is 11.7. The highest BCUT2D eigenvalue weighted by molar-refractivity contribution is 5.98. The number of rotatable bonds is 4. The molecular weight excluding hydrogens is 240 g/mol. The van der Waals surface area contributed by atoms with Gasteiger partial charge in [-0.25, -0.2) is 9.59 Å². The van der Waals surface area contributed by atoms with Crippen molar-refractivity contribution in [2.75, 3.05) is 0 Å². The van der Waals surface area contributed by atoms with Gasteiger partial charge in [0.2, 0.25) is 0 Å². The Hall–Kier alpha value is -1.98. The second kappa shape index (κ2) is 6.09. The molecule has 1 aliphatic heterocycles. The van der Waals surface area contributed by atoms with Gasteiger partial charge < -0.3 is 18.9 Å². The van der Waals surface area contributed by atoms with Crippen LogP contribution in [-0.2, 0) is 28.5 Å². The summed E-state index contributed by atoms with van der Waals surface area (Å²) < 4.78 is 19.8. The van der Waals surface area contributed by atoms with Crippen molar-refractivity contribution in [2.24, 2.45) is 0 Å². The van der Waals surface area contributed by atoms with Crippen molar-refractivity contribution in [1.82, 2.24) is 0 Å². The fraction of sp³-hybridized carbons (Fsp3) is 0.500. The van der Waals surface area contributed by atoms with Crippen LogP contribution < -0.4 is 0 Å². The van der Waals surface area contributed by atoms with Crippen molar-refractivity contribution in [2.45, 2.75) is 39.9 Å². The zero-order valence-electron chi connectivity index (χ0n) is 10.8. The first kappa shape index (κ1) is 14.1. The average molecular weight is 256 g/mol. The van der Waals surface area contributed by atoms with E-state index in [2.05, 4.69) is 0 Å². The van der Waals surface area contributed by atoms with Gasteiger partial charge >= 0.3 is 11.9 Å². The lowest BCUT2D eigenvalue weighted by Crippen LogP contribution is -2.23. The van der Waals surface area contributed by atoms with Crippen LogP contribution in [0.1, 0.15) is 27.7 Å². The monoisotopic (exact) mass is 256 g/mol. The molecule has 0 unspecified atom stereocenters. The molecule has 1 aliphatic rings. The van der Waals surface area contributed by atoms with Crippen molar-refractivity contribution in [3.8, 4) is 0 Å². The molecular formula is C12H16O6. The maximum Gasteiger partial charge on any atom is 0.378 e. The Bertz CT molecular complexity index is 355. The summed E-state index contributed by atoms with van der Waals surface area (Å²) in [4.78, 5) is 23.4. The third-order valence-electron chi connectivity index (χ3n) is 1.69. The normalized spacial score (nSPS) is 14.3. The largest absolute Gasteiger partial charge is 0.457 e. The number of carbonyl (C=O) groups is 2. The van der Waals surface area contributed by atoms with E-state index in [4.69, 9.17) is 18.9 Å². The molecule has 6 nitrogen and oxygen atoms in total. The molecule has 0 saturated carbocycles. The van der Waals surface area contributed by atoms with Gasteiger partial charge in [-0.1, -0.05) is 0 Å². The quantitative estimate of drug-likeness (QED) is 0.712. The lowest BCUT2D eigenvalue weighted by Gasteiger charge is -2.17. The summed E-state index contributed by atoms with van der Waals surface area (Å²) in [5.41, 5.74) is 0. The Kier molecular flexibility index (Phi) is 4.76. The van der Waals surface area contributed by atoms with Gasteiger partial charge in [-0.2, -0.15) is 0 Å². The van der Waals surface area contributed by atoms with Crippen molar-refractivity contribution >= 4 is 11.9 Å². The fourth-order valence-corrected chi connectivity index (χ4v) is 1.12. The van der Waals surface area contributed by atoms with E-state index in [0.29, 0.717) is 0 Å². The third kappa shape index (κ3) is 3.80. The standard InChI is InChI=1S/C12H16O6/c1-7(2)17-11(13)9-10(16-6-5-15-9)12(14)18-8(3)4/h5-8H,1-4H3. The first-order chi connectivity index (χ1) is 8.41. The van der Waals surface area contributed by atoms with E-state index >= 15 is 0 Å². The predicted molar refractivity (Wildman–Crippen MR) is 60.8 cm³/mol. The van der Waals surface area contributed by atoms with Crippen molar-refractivity contribution in [1.29, 1.82) is 0 Å². The van der Waals surface area contributed by atoms with E-state index in [1.807, 2.05) is 0 Å². The average Bonchev–Trinajstić information content (AvgIpc) is 2.27. The van der Waals surface area contributed by atoms with E-state index in [-0.39, 0.29) is 23.7 Å². The predicted octanol–water partition coefficient (Wildman–Crippen LogP) is 1.62. The molecule has 0 aliphatic carbocycles. The molecule has 6 heteroatoms. The lowest BCUT2D eigenvalue weighted by atomic mass is 10.3. The van der Waals surface area contributed by atoms with Crippen LogP contribution in [0, 0.1) is 0 Å². The molecule has 0 aromatic rings. The summed E-state index contributed by atoms with van der Waals surface area (Å²) in [5.74, 6) is -2.16. The molecule has 1 heterocycles. The number of ether oxygens (including phenoxy) is 4. The minimum absolute atomic E-state index is 0.308. The van der Waals surface area contributed by atoms with Crippen LogP contribution in [0.5, 0.6) is 0 Å². The molecule has 0 saturated heterocycles. The van der Waals surface area contributed by atoms with Crippen LogP contribution in [0.3, 0.4) is 0 Å². The van der Waals surface area contributed by atoms with E-state index < -0.39 is 11.9 Å². The molecule has 0 N–H and O–H groups in total. The van der Waals surface area contributed by atoms with Crippen LogP contribution in [0.25, 0.3) is 0 Å². The van der Waals surface area contributed by atoms with Crippen molar-refractivity contribution < 1.29 is 28.5 Å². The van der Waals surface area contributed by atoms with Gasteiger partial charge in [-0.05, 0) is 27.7 Å². The fourth-order valence-electron chi connectivity index (χ4n) is 1.12. The molecule has 0 radical (unpaired) electrons. The second-order valence-corrected chi connectivity index (χ2v) is 4.07. The molecule has 18 heavy (non-hydrogen) atoms. The Balaban J connectivity index is 2.89. The summed E-state index contributed by atoms with van der Waals surface area (Å²) in [6.07, 6.45) is 1.62. The highest BCUT2D eigenvalue weighted by atomic mass is 16.6. The number of carbonyl (C=O) groups excluding carboxylic acids is 2.